The molecule has 17 heavy (non-hydrogen) atoms. The minimum atomic E-state index is -0.207. The Balaban J connectivity index is 2.24. The highest BCUT2D eigenvalue weighted by molar-refractivity contribution is 9.10. The molecule has 5 heteroatoms. The molecule has 1 saturated heterocycles. The van der Waals surface area contributed by atoms with Crippen LogP contribution in [-0.4, -0.2) is 32.8 Å². The van der Waals surface area contributed by atoms with Gasteiger partial charge in [-0.1, -0.05) is 15.9 Å². The minimum Gasteiger partial charge on any atom is -0.374 e. The molecule has 0 saturated carbocycles. The van der Waals surface area contributed by atoms with Crippen molar-refractivity contribution in [2.45, 2.75) is 12.1 Å². The average Bonchev–Trinajstić information content (AvgIpc) is 2.36. The standard InChI is InChI=1S/C12H16BrFN2O/c1-15-12(11-7-16-4-5-17-11)9-6-8(13)2-3-10(9)14/h2-3,6,11-12,15-16H,4-5,7H2,1H3. The van der Waals surface area contributed by atoms with E-state index in [1.165, 1.54) is 6.07 Å². The number of hydrogen-bond acceptors (Lipinski definition) is 3. The van der Waals surface area contributed by atoms with E-state index in [0.29, 0.717) is 12.2 Å². The lowest BCUT2D eigenvalue weighted by molar-refractivity contribution is 0.00464. The summed E-state index contributed by atoms with van der Waals surface area (Å²) in [5, 5.41) is 6.38. The lowest BCUT2D eigenvalue weighted by Crippen LogP contribution is -2.45. The van der Waals surface area contributed by atoms with Crippen LogP contribution in [0.15, 0.2) is 22.7 Å². The van der Waals surface area contributed by atoms with Crippen LogP contribution in [-0.2, 0) is 4.74 Å². The van der Waals surface area contributed by atoms with Gasteiger partial charge >= 0.3 is 0 Å². The number of rotatable bonds is 3. The maximum absolute atomic E-state index is 13.8. The zero-order chi connectivity index (χ0) is 12.3. The molecular weight excluding hydrogens is 287 g/mol. The molecule has 2 rings (SSSR count). The van der Waals surface area contributed by atoms with Crippen molar-refractivity contribution >= 4 is 15.9 Å². The predicted molar refractivity (Wildman–Crippen MR) is 68.5 cm³/mol. The molecule has 1 aromatic rings. The third-order valence-electron chi connectivity index (χ3n) is 2.93. The normalized spacial score (nSPS) is 22.4. The zero-order valence-corrected chi connectivity index (χ0v) is 11.3. The maximum Gasteiger partial charge on any atom is 0.128 e. The number of morpholine rings is 1. The molecule has 1 fully saturated rings. The lowest BCUT2D eigenvalue weighted by Gasteiger charge is -2.31. The minimum absolute atomic E-state index is 0.0439. The lowest BCUT2D eigenvalue weighted by atomic mass is 10.00. The molecule has 2 atom stereocenters. The van der Waals surface area contributed by atoms with Gasteiger partial charge in [-0.3, -0.25) is 0 Å². The van der Waals surface area contributed by atoms with E-state index in [-0.39, 0.29) is 18.0 Å². The summed E-state index contributed by atoms with van der Waals surface area (Å²) in [5.74, 6) is -0.207. The van der Waals surface area contributed by atoms with E-state index >= 15 is 0 Å². The number of halogens is 2. The van der Waals surface area contributed by atoms with Crippen molar-refractivity contribution in [2.24, 2.45) is 0 Å². The Hall–Kier alpha value is -0.490. The first-order chi connectivity index (χ1) is 8.22. The van der Waals surface area contributed by atoms with Gasteiger partial charge < -0.3 is 15.4 Å². The van der Waals surface area contributed by atoms with Crippen molar-refractivity contribution in [1.29, 1.82) is 0 Å². The second-order valence-corrected chi connectivity index (χ2v) is 4.96. The smallest absolute Gasteiger partial charge is 0.128 e. The summed E-state index contributed by atoms with van der Waals surface area (Å²) in [4.78, 5) is 0. The summed E-state index contributed by atoms with van der Waals surface area (Å²) in [5.41, 5.74) is 0.635. The highest BCUT2D eigenvalue weighted by Crippen LogP contribution is 2.25. The first-order valence-corrected chi connectivity index (χ1v) is 6.46. The Morgan fingerprint density at radius 3 is 3.06 bits per heavy atom. The van der Waals surface area contributed by atoms with Crippen LogP contribution in [0.3, 0.4) is 0 Å². The molecule has 3 nitrogen and oxygen atoms in total. The van der Waals surface area contributed by atoms with E-state index < -0.39 is 0 Å². The van der Waals surface area contributed by atoms with E-state index in [1.54, 1.807) is 12.1 Å². The Morgan fingerprint density at radius 2 is 2.41 bits per heavy atom. The zero-order valence-electron chi connectivity index (χ0n) is 9.67. The molecule has 2 N–H and O–H groups in total. The van der Waals surface area contributed by atoms with Gasteiger partial charge in [-0.05, 0) is 25.2 Å². The third-order valence-corrected chi connectivity index (χ3v) is 3.43. The van der Waals surface area contributed by atoms with Crippen LogP contribution < -0.4 is 10.6 Å². The second kappa shape index (κ2) is 5.91. The fourth-order valence-electron chi connectivity index (χ4n) is 2.09. The molecule has 0 radical (unpaired) electrons. The van der Waals surface area contributed by atoms with Crippen LogP contribution in [0.5, 0.6) is 0 Å². The molecule has 0 aliphatic carbocycles. The molecule has 0 spiro atoms. The van der Waals surface area contributed by atoms with Gasteiger partial charge in [-0.15, -0.1) is 0 Å². The van der Waals surface area contributed by atoms with Crippen LogP contribution in [0.4, 0.5) is 4.39 Å². The average molecular weight is 303 g/mol. The van der Waals surface area contributed by atoms with Crippen LogP contribution in [0.1, 0.15) is 11.6 Å². The van der Waals surface area contributed by atoms with Crippen molar-refractivity contribution in [3.8, 4) is 0 Å². The maximum atomic E-state index is 13.8. The van der Waals surface area contributed by atoms with E-state index in [0.717, 1.165) is 17.6 Å². The van der Waals surface area contributed by atoms with Crippen molar-refractivity contribution in [3.05, 3.63) is 34.1 Å². The van der Waals surface area contributed by atoms with Gasteiger partial charge in [0, 0.05) is 23.1 Å². The van der Waals surface area contributed by atoms with Crippen LogP contribution >= 0.6 is 15.9 Å². The molecule has 1 heterocycles. The van der Waals surface area contributed by atoms with Crippen LogP contribution in [0.2, 0.25) is 0 Å². The van der Waals surface area contributed by atoms with Crippen LogP contribution in [0, 0.1) is 5.82 Å². The Labute approximate surface area is 109 Å². The van der Waals surface area contributed by atoms with Gasteiger partial charge in [-0.2, -0.15) is 0 Å². The molecule has 0 amide bonds. The summed E-state index contributed by atoms with van der Waals surface area (Å²) in [7, 11) is 1.82. The van der Waals surface area contributed by atoms with Crippen molar-refractivity contribution in [3.63, 3.8) is 0 Å². The number of ether oxygens (including phenoxy) is 1. The number of likely N-dealkylation sites (N-methyl/N-ethyl adjacent to an activating group) is 1. The molecule has 94 valence electrons. The highest BCUT2D eigenvalue weighted by Gasteiger charge is 2.26. The number of hydrogen-bond donors (Lipinski definition) is 2. The Kier molecular flexibility index (Phi) is 4.50. The SMILES string of the molecule is CNC(c1cc(Br)ccc1F)C1CNCCO1. The number of nitrogens with one attached hydrogen (secondary N) is 2. The summed E-state index contributed by atoms with van der Waals surface area (Å²) in [6, 6.07) is 4.83. The molecule has 1 aromatic carbocycles. The molecule has 0 bridgehead atoms. The van der Waals surface area contributed by atoms with Gasteiger partial charge in [0.15, 0.2) is 0 Å². The molecule has 0 aromatic heterocycles. The first kappa shape index (κ1) is 13.0. The fraction of sp³-hybridized carbons (Fsp3) is 0.500. The second-order valence-electron chi connectivity index (χ2n) is 4.05. The van der Waals surface area contributed by atoms with E-state index in [1.807, 2.05) is 7.05 Å². The molecule has 1 aliphatic rings. The van der Waals surface area contributed by atoms with Gasteiger partial charge in [-0.25, -0.2) is 4.39 Å². The fourth-order valence-corrected chi connectivity index (χ4v) is 2.47. The topological polar surface area (TPSA) is 33.3 Å². The predicted octanol–water partition coefficient (Wildman–Crippen LogP) is 1.84. The van der Waals surface area contributed by atoms with Crippen LogP contribution in [0.25, 0.3) is 0 Å². The van der Waals surface area contributed by atoms with Gasteiger partial charge in [0.1, 0.15) is 5.82 Å². The molecular formula is C12H16BrFN2O. The first-order valence-electron chi connectivity index (χ1n) is 5.67. The van der Waals surface area contributed by atoms with Gasteiger partial charge in [0.25, 0.3) is 0 Å². The van der Waals surface area contributed by atoms with Crippen molar-refractivity contribution in [1.82, 2.24) is 10.6 Å². The summed E-state index contributed by atoms with van der Waals surface area (Å²) in [6.45, 7) is 2.25. The van der Waals surface area contributed by atoms with Gasteiger partial charge in [0.05, 0.1) is 18.8 Å². The van der Waals surface area contributed by atoms with E-state index in [9.17, 15) is 4.39 Å². The summed E-state index contributed by atoms with van der Waals surface area (Å²) >= 11 is 3.37. The Bertz CT molecular complexity index is 383. The number of benzene rings is 1. The largest absolute Gasteiger partial charge is 0.374 e. The monoisotopic (exact) mass is 302 g/mol. The molecule has 1 aliphatic heterocycles. The third kappa shape index (κ3) is 3.04. The highest BCUT2D eigenvalue weighted by atomic mass is 79.9. The summed E-state index contributed by atoms with van der Waals surface area (Å²) in [6.07, 6.45) is -0.0439. The van der Waals surface area contributed by atoms with E-state index in [4.69, 9.17) is 4.74 Å². The Morgan fingerprint density at radius 1 is 1.59 bits per heavy atom. The summed E-state index contributed by atoms with van der Waals surface area (Å²) < 4.78 is 20.4. The molecule has 2 unspecified atom stereocenters. The van der Waals surface area contributed by atoms with Gasteiger partial charge in [0.2, 0.25) is 0 Å². The van der Waals surface area contributed by atoms with Crippen molar-refractivity contribution in [2.75, 3.05) is 26.7 Å². The van der Waals surface area contributed by atoms with Crippen molar-refractivity contribution < 1.29 is 9.13 Å². The quantitative estimate of drug-likeness (QED) is 0.894. The van der Waals surface area contributed by atoms with E-state index in [2.05, 4.69) is 26.6 Å².